The number of likely N-dealkylation sites (tertiary alicyclic amines) is 1. The number of piperidine rings is 1. The Morgan fingerprint density at radius 2 is 2.17 bits per heavy atom. The number of nitrogens with one attached hydrogen (secondary N) is 1. The van der Waals surface area contributed by atoms with E-state index in [1.807, 2.05) is 43.8 Å². The van der Waals surface area contributed by atoms with E-state index in [2.05, 4.69) is 43.3 Å². The smallest absolute Gasteiger partial charge is 0.194 e. The minimum Gasteiger partial charge on any atom is -0.497 e. The molecular formula is C22H28N6OS. The summed E-state index contributed by atoms with van der Waals surface area (Å²) in [6, 6.07) is 8.41. The first-order chi connectivity index (χ1) is 14.7. The number of aliphatic imine (C=N–C) groups is 1. The third-order valence-electron chi connectivity index (χ3n) is 5.65. The highest BCUT2D eigenvalue weighted by atomic mass is 32.1. The van der Waals surface area contributed by atoms with E-state index in [9.17, 15) is 0 Å². The summed E-state index contributed by atoms with van der Waals surface area (Å²) in [7, 11) is 3.52. The summed E-state index contributed by atoms with van der Waals surface area (Å²) in [4.78, 5) is 15.9. The summed E-state index contributed by atoms with van der Waals surface area (Å²) in [6.07, 6.45) is 6.94. The van der Waals surface area contributed by atoms with E-state index in [1.165, 1.54) is 0 Å². The van der Waals surface area contributed by atoms with Gasteiger partial charge in [0.1, 0.15) is 10.8 Å². The zero-order valence-electron chi connectivity index (χ0n) is 17.7. The van der Waals surface area contributed by atoms with Crippen molar-refractivity contribution >= 4 is 17.3 Å². The average Bonchev–Trinajstić information content (AvgIpc) is 3.48. The molecule has 4 rings (SSSR count). The summed E-state index contributed by atoms with van der Waals surface area (Å²) in [5.41, 5.74) is 2.12. The first-order valence-electron chi connectivity index (χ1n) is 10.2. The Kier molecular flexibility index (Phi) is 6.32. The summed E-state index contributed by atoms with van der Waals surface area (Å²) >= 11 is 1.65. The first kappa shape index (κ1) is 20.4. The molecule has 3 aromatic rings. The number of ether oxygens (including phenoxy) is 1. The van der Waals surface area contributed by atoms with E-state index in [0.29, 0.717) is 18.5 Å². The number of imidazole rings is 1. The predicted octanol–water partition coefficient (Wildman–Crippen LogP) is 3.67. The van der Waals surface area contributed by atoms with E-state index >= 15 is 0 Å². The quantitative estimate of drug-likeness (QED) is 0.500. The number of rotatable bonds is 5. The fraction of sp³-hybridized carbons (Fsp3) is 0.409. The molecule has 1 saturated heterocycles. The monoisotopic (exact) mass is 424 g/mol. The molecule has 0 saturated carbocycles. The first-order valence-corrected chi connectivity index (χ1v) is 11.1. The molecule has 1 aliphatic rings. The molecule has 0 aliphatic carbocycles. The van der Waals surface area contributed by atoms with Crippen molar-refractivity contribution in [3.05, 3.63) is 54.1 Å². The van der Waals surface area contributed by atoms with Gasteiger partial charge >= 0.3 is 0 Å². The number of aromatic nitrogens is 3. The number of hydrogen-bond donors (Lipinski definition) is 1. The van der Waals surface area contributed by atoms with Crippen LogP contribution in [0.15, 0.2) is 53.4 Å². The van der Waals surface area contributed by atoms with Gasteiger partial charge in [0.25, 0.3) is 0 Å². The summed E-state index contributed by atoms with van der Waals surface area (Å²) in [6.45, 7) is 4.89. The average molecular weight is 425 g/mol. The van der Waals surface area contributed by atoms with Crippen molar-refractivity contribution in [2.24, 2.45) is 10.9 Å². The largest absolute Gasteiger partial charge is 0.497 e. The zero-order valence-corrected chi connectivity index (χ0v) is 18.5. The van der Waals surface area contributed by atoms with Crippen LogP contribution in [0.3, 0.4) is 0 Å². The third-order valence-corrected chi connectivity index (χ3v) is 6.59. The van der Waals surface area contributed by atoms with Gasteiger partial charge in [0.2, 0.25) is 0 Å². The lowest BCUT2D eigenvalue weighted by molar-refractivity contribution is 0.189. The van der Waals surface area contributed by atoms with Gasteiger partial charge in [-0.2, -0.15) is 0 Å². The SMILES string of the molecule is CN=C(NCc1csc(-c2ccc(OC)cc2)n1)N1CCC(C)C(n2ccnc2)C1. The maximum absolute atomic E-state index is 5.23. The second-order valence-electron chi connectivity index (χ2n) is 7.56. The van der Waals surface area contributed by atoms with Gasteiger partial charge in [0.15, 0.2) is 5.96 Å². The maximum atomic E-state index is 5.23. The second-order valence-corrected chi connectivity index (χ2v) is 8.42. The Bertz CT molecular complexity index is 966. The lowest BCUT2D eigenvalue weighted by Crippen LogP contribution is -2.48. The maximum Gasteiger partial charge on any atom is 0.194 e. The number of hydrogen-bond acceptors (Lipinski definition) is 5. The van der Waals surface area contributed by atoms with Crippen LogP contribution in [0.4, 0.5) is 0 Å². The molecule has 0 radical (unpaired) electrons. The minimum atomic E-state index is 0.403. The summed E-state index contributed by atoms with van der Waals surface area (Å²) in [5, 5.41) is 6.61. The summed E-state index contributed by atoms with van der Waals surface area (Å²) < 4.78 is 7.45. The minimum absolute atomic E-state index is 0.403. The number of guanidine groups is 1. The topological polar surface area (TPSA) is 67.6 Å². The lowest BCUT2D eigenvalue weighted by Gasteiger charge is -2.39. The van der Waals surface area contributed by atoms with Crippen LogP contribution < -0.4 is 10.1 Å². The van der Waals surface area contributed by atoms with Crippen LogP contribution >= 0.6 is 11.3 Å². The van der Waals surface area contributed by atoms with Crippen molar-refractivity contribution in [1.82, 2.24) is 24.8 Å². The molecule has 2 atom stereocenters. The highest BCUT2D eigenvalue weighted by Crippen LogP contribution is 2.28. The molecule has 0 bridgehead atoms. The second kappa shape index (κ2) is 9.30. The molecule has 1 N–H and O–H groups in total. The van der Waals surface area contributed by atoms with Crippen LogP contribution in [0.25, 0.3) is 10.6 Å². The molecule has 30 heavy (non-hydrogen) atoms. The van der Waals surface area contributed by atoms with Crippen molar-refractivity contribution in [3.63, 3.8) is 0 Å². The molecule has 158 valence electrons. The molecular weight excluding hydrogens is 396 g/mol. The molecule has 7 nitrogen and oxygen atoms in total. The lowest BCUT2D eigenvalue weighted by atomic mass is 9.93. The van der Waals surface area contributed by atoms with Crippen molar-refractivity contribution in [2.45, 2.75) is 25.9 Å². The van der Waals surface area contributed by atoms with Gasteiger partial charge in [0, 0.05) is 43.5 Å². The molecule has 8 heteroatoms. The van der Waals surface area contributed by atoms with Crippen LogP contribution in [-0.4, -0.2) is 52.6 Å². The Morgan fingerprint density at radius 1 is 1.33 bits per heavy atom. The highest BCUT2D eigenvalue weighted by Gasteiger charge is 2.28. The summed E-state index contributed by atoms with van der Waals surface area (Å²) in [5.74, 6) is 2.39. The van der Waals surface area contributed by atoms with E-state index < -0.39 is 0 Å². The van der Waals surface area contributed by atoms with Crippen molar-refractivity contribution in [2.75, 3.05) is 27.2 Å². The van der Waals surface area contributed by atoms with Crippen LogP contribution in [0.1, 0.15) is 25.1 Å². The fourth-order valence-corrected chi connectivity index (χ4v) is 4.68. The van der Waals surface area contributed by atoms with Crippen LogP contribution in [-0.2, 0) is 6.54 Å². The van der Waals surface area contributed by atoms with E-state index in [1.54, 1.807) is 18.4 Å². The van der Waals surface area contributed by atoms with Gasteiger partial charge in [-0.3, -0.25) is 4.99 Å². The third kappa shape index (κ3) is 4.48. The molecule has 1 fully saturated rings. The van der Waals surface area contributed by atoms with Gasteiger partial charge < -0.3 is 19.5 Å². The Hall–Kier alpha value is -2.87. The van der Waals surface area contributed by atoms with Crippen molar-refractivity contribution in [1.29, 1.82) is 0 Å². The number of methoxy groups -OCH3 is 1. The molecule has 0 spiro atoms. The van der Waals surface area contributed by atoms with Crippen LogP contribution in [0, 0.1) is 5.92 Å². The van der Waals surface area contributed by atoms with Gasteiger partial charge in [0.05, 0.1) is 31.7 Å². The number of nitrogens with zero attached hydrogens (tertiary/aromatic N) is 5. The molecule has 1 aliphatic heterocycles. The Labute approximate surface area is 181 Å². The van der Waals surface area contributed by atoms with Crippen LogP contribution in [0.2, 0.25) is 0 Å². The Balaban J connectivity index is 1.38. The molecule has 1 aromatic carbocycles. The molecule has 0 amide bonds. The normalized spacial score (nSPS) is 19.7. The highest BCUT2D eigenvalue weighted by molar-refractivity contribution is 7.13. The van der Waals surface area contributed by atoms with Crippen molar-refractivity contribution in [3.8, 4) is 16.3 Å². The molecule has 2 unspecified atom stereocenters. The van der Waals surface area contributed by atoms with E-state index in [-0.39, 0.29) is 0 Å². The molecule has 2 aromatic heterocycles. The Morgan fingerprint density at radius 3 is 2.87 bits per heavy atom. The fourth-order valence-electron chi connectivity index (χ4n) is 3.85. The van der Waals surface area contributed by atoms with Crippen LogP contribution in [0.5, 0.6) is 5.75 Å². The molecule has 3 heterocycles. The number of benzene rings is 1. The van der Waals surface area contributed by atoms with Crippen molar-refractivity contribution < 1.29 is 4.74 Å². The van der Waals surface area contributed by atoms with E-state index in [0.717, 1.165) is 47.5 Å². The van der Waals surface area contributed by atoms with Gasteiger partial charge in [-0.25, -0.2) is 9.97 Å². The van der Waals surface area contributed by atoms with Gasteiger partial charge in [-0.15, -0.1) is 11.3 Å². The number of thiazole rings is 1. The van der Waals surface area contributed by atoms with E-state index in [4.69, 9.17) is 9.72 Å². The van der Waals surface area contributed by atoms with Gasteiger partial charge in [-0.1, -0.05) is 6.92 Å². The predicted molar refractivity (Wildman–Crippen MR) is 121 cm³/mol. The zero-order chi connectivity index (χ0) is 20.9. The standard InChI is InChI=1S/C22H28N6OS/c1-16-8-10-27(13-20(16)28-11-9-24-15-28)22(23-2)25-12-18-14-30-21(26-18)17-4-6-19(29-3)7-5-17/h4-7,9,11,14-16,20H,8,10,12-13H2,1-3H3,(H,23,25). The van der Waals surface area contributed by atoms with Gasteiger partial charge in [-0.05, 0) is 36.6 Å².